The molecule has 0 bridgehead atoms. The molecule has 0 aliphatic carbocycles. The quantitative estimate of drug-likeness (QED) is 0.279. The highest BCUT2D eigenvalue weighted by atomic mass is 14.8. The van der Waals surface area contributed by atoms with E-state index >= 15 is 0 Å². The smallest absolute Gasteiger partial charge is 0.000733 e. The predicted molar refractivity (Wildman–Crippen MR) is 129 cm³/mol. The number of hydrogen-bond donors (Lipinski definition) is 1. The van der Waals surface area contributed by atoms with Gasteiger partial charge in [0, 0.05) is 6.04 Å². The molecule has 0 fully saturated rings. The molecule has 0 heterocycles. The van der Waals surface area contributed by atoms with Crippen molar-refractivity contribution >= 4 is 0 Å². The van der Waals surface area contributed by atoms with Gasteiger partial charge in [0.1, 0.15) is 0 Å². The minimum Gasteiger partial charge on any atom is -0.318 e. The fourth-order valence-electron chi connectivity index (χ4n) is 3.47. The van der Waals surface area contributed by atoms with E-state index in [2.05, 4.69) is 57.3 Å². The summed E-state index contributed by atoms with van der Waals surface area (Å²) in [6.45, 7) is 8.79. The predicted octanol–water partition coefficient (Wildman–Crippen LogP) is 8.50. The maximum absolute atomic E-state index is 3.03. The molecule has 0 aromatic heterocycles. The van der Waals surface area contributed by atoms with Gasteiger partial charge in [-0.2, -0.15) is 0 Å². The third kappa shape index (κ3) is 17.3. The highest BCUT2D eigenvalue weighted by molar-refractivity contribution is 5.27. The van der Waals surface area contributed by atoms with E-state index in [0.29, 0.717) is 6.04 Å². The Morgan fingerprint density at radius 1 is 0.607 bits per heavy atom. The van der Waals surface area contributed by atoms with Gasteiger partial charge < -0.3 is 5.32 Å². The van der Waals surface area contributed by atoms with E-state index in [0.717, 1.165) is 0 Å². The van der Waals surface area contributed by atoms with Crippen molar-refractivity contribution in [3.63, 3.8) is 0 Å². The van der Waals surface area contributed by atoms with E-state index in [9.17, 15) is 0 Å². The molecule has 0 atom stereocenters. The molecule has 28 heavy (non-hydrogen) atoms. The molecule has 0 saturated heterocycles. The highest BCUT2D eigenvalue weighted by Gasteiger charge is 2.00. The topological polar surface area (TPSA) is 12.0 Å². The standard InChI is InChI=1S/C23H40.C4H11N/c1-3-5-6-7-8-9-10-11-12-13-14-15-19-23-21-17-16-20-22(23)18-4-2;1-4(2)5-3/h16-17,20-21H,3-15,18-19H2,1-2H3;4-5H,1-3H3. The van der Waals surface area contributed by atoms with Crippen LogP contribution >= 0.6 is 0 Å². The fraction of sp³-hybridized carbons (Fsp3) is 0.778. The van der Waals surface area contributed by atoms with Crippen molar-refractivity contribution in [2.24, 2.45) is 0 Å². The maximum atomic E-state index is 3.03. The Kier molecular flexibility index (Phi) is 20.3. The number of rotatable bonds is 16. The molecule has 0 spiro atoms. The Morgan fingerprint density at radius 2 is 1.00 bits per heavy atom. The first kappa shape index (κ1) is 27.2. The number of benzene rings is 1. The third-order valence-corrected chi connectivity index (χ3v) is 5.51. The monoisotopic (exact) mass is 389 g/mol. The van der Waals surface area contributed by atoms with Crippen LogP contribution in [0.1, 0.15) is 122 Å². The Morgan fingerprint density at radius 3 is 1.39 bits per heavy atom. The van der Waals surface area contributed by atoms with Crippen molar-refractivity contribution in [1.82, 2.24) is 5.32 Å². The Bertz CT molecular complexity index is 424. The summed E-state index contributed by atoms with van der Waals surface area (Å²) < 4.78 is 0. The summed E-state index contributed by atoms with van der Waals surface area (Å²) in [4.78, 5) is 0. The van der Waals surface area contributed by atoms with Crippen LogP contribution in [0.3, 0.4) is 0 Å². The summed E-state index contributed by atoms with van der Waals surface area (Å²) in [5.74, 6) is 0. The first-order valence-corrected chi connectivity index (χ1v) is 12.4. The zero-order valence-electron chi connectivity index (χ0n) is 20.0. The van der Waals surface area contributed by atoms with E-state index < -0.39 is 0 Å². The molecule has 0 saturated carbocycles. The lowest BCUT2D eigenvalue weighted by Gasteiger charge is -2.08. The van der Waals surface area contributed by atoms with Gasteiger partial charge in [0.25, 0.3) is 0 Å². The van der Waals surface area contributed by atoms with Crippen molar-refractivity contribution in [3.8, 4) is 0 Å². The van der Waals surface area contributed by atoms with Crippen molar-refractivity contribution in [1.29, 1.82) is 0 Å². The van der Waals surface area contributed by atoms with Gasteiger partial charge in [-0.1, -0.05) is 129 Å². The van der Waals surface area contributed by atoms with Crippen LogP contribution in [0.15, 0.2) is 24.3 Å². The van der Waals surface area contributed by atoms with Gasteiger partial charge >= 0.3 is 0 Å². The van der Waals surface area contributed by atoms with Gasteiger partial charge in [-0.3, -0.25) is 0 Å². The van der Waals surface area contributed by atoms with Gasteiger partial charge in [-0.25, -0.2) is 0 Å². The van der Waals surface area contributed by atoms with Gasteiger partial charge in [0.2, 0.25) is 0 Å². The van der Waals surface area contributed by atoms with E-state index in [1.54, 1.807) is 11.1 Å². The summed E-state index contributed by atoms with van der Waals surface area (Å²) in [6, 6.07) is 9.68. The van der Waals surface area contributed by atoms with Gasteiger partial charge in [0.05, 0.1) is 0 Å². The first-order chi connectivity index (χ1) is 13.7. The van der Waals surface area contributed by atoms with Gasteiger partial charge in [-0.15, -0.1) is 0 Å². The van der Waals surface area contributed by atoms with Crippen LogP contribution in [0.25, 0.3) is 0 Å². The van der Waals surface area contributed by atoms with Gasteiger partial charge in [0.15, 0.2) is 0 Å². The Balaban J connectivity index is 0.00000129. The van der Waals surface area contributed by atoms with Crippen LogP contribution in [-0.2, 0) is 12.8 Å². The third-order valence-electron chi connectivity index (χ3n) is 5.51. The molecule has 1 rings (SSSR count). The summed E-state index contributed by atoms with van der Waals surface area (Å²) >= 11 is 0. The molecule has 0 amide bonds. The fourth-order valence-corrected chi connectivity index (χ4v) is 3.47. The average molecular weight is 390 g/mol. The summed E-state index contributed by atoms with van der Waals surface area (Å²) in [5, 5.41) is 3.03. The molecule has 164 valence electrons. The van der Waals surface area contributed by atoms with Crippen LogP contribution in [0.4, 0.5) is 0 Å². The zero-order valence-corrected chi connectivity index (χ0v) is 20.0. The van der Waals surface area contributed by atoms with Crippen molar-refractivity contribution < 1.29 is 0 Å². The second-order valence-corrected chi connectivity index (χ2v) is 8.60. The molecule has 0 aliphatic rings. The summed E-state index contributed by atoms with van der Waals surface area (Å²) in [7, 11) is 1.95. The second-order valence-electron chi connectivity index (χ2n) is 8.60. The number of hydrogen-bond acceptors (Lipinski definition) is 1. The largest absolute Gasteiger partial charge is 0.318 e. The molecule has 1 heteroatoms. The van der Waals surface area contributed by atoms with Crippen molar-refractivity contribution in [2.45, 2.75) is 130 Å². The van der Waals surface area contributed by atoms with Crippen LogP contribution in [0.5, 0.6) is 0 Å². The van der Waals surface area contributed by atoms with Crippen LogP contribution in [0, 0.1) is 0 Å². The van der Waals surface area contributed by atoms with Gasteiger partial charge in [-0.05, 0) is 37.4 Å². The molecule has 0 radical (unpaired) electrons. The normalized spacial score (nSPS) is 10.8. The number of nitrogens with one attached hydrogen (secondary N) is 1. The number of aryl methyl sites for hydroxylation is 2. The Hall–Kier alpha value is -0.820. The van der Waals surface area contributed by atoms with Crippen molar-refractivity contribution in [2.75, 3.05) is 7.05 Å². The van der Waals surface area contributed by atoms with E-state index in [-0.39, 0.29) is 0 Å². The van der Waals surface area contributed by atoms with Crippen LogP contribution in [-0.4, -0.2) is 13.1 Å². The lowest BCUT2D eigenvalue weighted by atomic mass is 9.98. The molecule has 0 unspecified atom stereocenters. The minimum absolute atomic E-state index is 0.634. The van der Waals surface area contributed by atoms with E-state index in [4.69, 9.17) is 0 Å². The van der Waals surface area contributed by atoms with Crippen LogP contribution in [0.2, 0.25) is 0 Å². The minimum atomic E-state index is 0.634. The lowest BCUT2D eigenvalue weighted by Crippen LogP contribution is -2.15. The molecule has 1 aromatic carbocycles. The van der Waals surface area contributed by atoms with E-state index in [1.165, 1.54) is 96.3 Å². The summed E-state index contributed by atoms with van der Waals surface area (Å²) in [5.41, 5.74) is 3.18. The number of unbranched alkanes of at least 4 members (excludes halogenated alkanes) is 11. The maximum Gasteiger partial charge on any atom is 0.000733 e. The van der Waals surface area contributed by atoms with Crippen LogP contribution < -0.4 is 5.32 Å². The molecule has 0 aliphatic heterocycles. The molecule has 1 aromatic rings. The first-order valence-electron chi connectivity index (χ1n) is 12.4. The summed E-state index contributed by atoms with van der Waals surface area (Å²) in [6.07, 6.45) is 21.0. The molecular weight excluding hydrogens is 338 g/mol. The SMILES string of the molecule is CCCCCCCCCCCCCCc1ccccc1CCC.CNC(C)C. The molecule has 1 nitrogen and oxygen atoms in total. The zero-order chi connectivity index (χ0) is 20.9. The second kappa shape index (κ2) is 20.9. The molecular formula is C27H51N. The average Bonchev–Trinajstić information content (AvgIpc) is 2.70. The van der Waals surface area contributed by atoms with Crippen molar-refractivity contribution in [3.05, 3.63) is 35.4 Å². The Labute approximate surface area is 178 Å². The van der Waals surface area contributed by atoms with E-state index in [1.807, 2.05) is 7.05 Å². The highest BCUT2D eigenvalue weighted by Crippen LogP contribution is 2.16. The molecule has 1 N–H and O–H groups in total. The lowest BCUT2D eigenvalue weighted by molar-refractivity contribution is 0.544.